The lowest BCUT2D eigenvalue weighted by Gasteiger charge is -2.45. The molecule has 15 aromatic carbocycles. The lowest BCUT2D eigenvalue weighted by atomic mass is 9.33. The minimum absolute atomic E-state index is 0.247. The molecule has 0 amide bonds. The Bertz CT molecular complexity index is 5380. The molecule has 450 valence electrons. The molecule has 2 aliphatic heterocycles. The fraction of sp³-hybridized carbons (Fsp3) is 0. The van der Waals surface area contributed by atoms with Crippen LogP contribution in [0.25, 0.3) is 72.0 Å². The van der Waals surface area contributed by atoms with Crippen LogP contribution < -0.4 is 36.0 Å². The molecule has 0 radical (unpaired) electrons. The standard InChI is InChI=1S/C90H62BN5/c1-9-29-63(30-10-1)65-51-53-73(54-52-65)95-86-62-76(93(71-42-21-7-22-43-71)72-44-23-8-24-45-72)61-85-88(86)91(80-56-55-75(92(69-38-17-5-18-39-69)70-40-19-6-20-41-70)60-84(80)94(85)74-46-27-37-68(59-74)64-31-11-2-12-32-64)81-57-58-83-87(90(81)95)79-47-25-26-50-82(79)96(83)89-77(66-33-13-3-14-34-66)48-28-49-78(89)67-35-15-4-16-36-67/h1-62H. The first-order chi connectivity index (χ1) is 47.7. The smallest absolute Gasteiger partial charge is 0.252 e. The van der Waals surface area contributed by atoms with Gasteiger partial charge in [-0.2, -0.15) is 0 Å². The van der Waals surface area contributed by atoms with Crippen molar-refractivity contribution < 1.29 is 0 Å². The van der Waals surface area contributed by atoms with Crippen molar-refractivity contribution in [2.24, 2.45) is 0 Å². The van der Waals surface area contributed by atoms with Crippen LogP contribution in [0.5, 0.6) is 0 Å². The molecule has 0 unspecified atom stereocenters. The van der Waals surface area contributed by atoms with E-state index in [9.17, 15) is 0 Å². The second-order valence-corrected chi connectivity index (χ2v) is 24.8. The molecule has 6 heteroatoms. The van der Waals surface area contributed by atoms with Gasteiger partial charge in [-0.25, -0.2) is 0 Å². The summed E-state index contributed by atoms with van der Waals surface area (Å²) in [6, 6.07) is 138. The van der Waals surface area contributed by atoms with Crippen molar-refractivity contribution in [3.8, 4) is 50.2 Å². The minimum atomic E-state index is -0.247. The number of aromatic nitrogens is 1. The Morgan fingerprint density at radius 3 is 1.22 bits per heavy atom. The number of nitrogens with zero attached hydrogens (tertiary/aromatic N) is 5. The molecule has 18 rings (SSSR count). The highest BCUT2D eigenvalue weighted by Gasteiger charge is 2.46. The normalized spacial score (nSPS) is 12.1. The second-order valence-electron chi connectivity index (χ2n) is 24.8. The van der Waals surface area contributed by atoms with Gasteiger partial charge in [0.1, 0.15) is 0 Å². The number of benzene rings is 15. The van der Waals surface area contributed by atoms with Gasteiger partial charge in [0.25, 0.3) is 6.71 Å². The molecule has 2 aliphatic rings. The van der Waals surface area contributed by atoms with Crippen molar-refractivity contribution in [3.63, 3.8) is 0 Å². The summed E-state index contributed by atoms with van der Waals surface area (Å²) < 4.78 is 2.57. The maximum Gasteiger partial charge on any atom is 0.252 e. The van der Waals surface area contributed by atoms with Crippen molar-refractivity contribution in [2.45, 2.75) is 0 Å². The molecule has 0 bridgehead atoms. The summed E-state index contributed by atoms with van der Waals surface area (Å²) in [6.45, 7) is -0.247. The van der Waals surface area contributed by atoms with Gasteiger partial charge in [-0.3, -0.25) is 0 Å². The molecular weight excluding hydrogens is 1160 g/mol. The molecule has 96 heavy (non-hydrogen) atoms. The van der Waals surface area contributed by atoms with Crippen LogP contribution in [0.2, 0.25) is 0 Å². The van der Waals surface area contributed by atoms with Crippen LogP contribution in [0.15, 0.2) is 376 Å². The van der Waals surface area contributed by atoms with Crippen molar-refractivity contribution in [1.82, 2.24) is 4.57 Å². The number of hydrogen-bond acceptors (Lipinski definition) is 4. The van der Waals surface area contributed by atoms with E-state index in [0.717, 1.165) is 124 Å². The van der Waals surface area contributed by atoms with E-state index in [4.69, 9.17) is 0 Å². The largest absolute Gasteiger partial charge is 0.311 e. The van der Waals surface area contributed by atoms with Gasteiger partial charge in [0.2, 0.25) is 0 Å². The fourth-order valence-electron chi connectivity index (χ4n) is 15.1. The van der Waals surface area contributed by atoms with Crippen LogP contribution in [0.1, 0.15) is 0 Å². The number of anilines is 12. The fourth-order valence-corrected chi connectivity index (χ4v) is 15.1. The summed E-state index contributed by atoms with van der Waals surface area (Å²) in [6.07, 6.45) is 0. The van der Waals surface area contributed by atoms with Crippen LogP contribution in [0.4, 0.5) is 68.2 Å². The van der Waals surface area contributed by atoms with Crippen molar-refractivity contribution in [2.75, 3.05) is 19.6 Å². The number of rotatable bonds is 13. The van der Waals surface area contributed by atoms with Gasteiger partial charge in [0.15, 0.2) is 0 Å². The van der Waals surface area contributed by atoms with Gasteiger partial charge >= 0.3 is 0 Å². The molecule has 0 saturated carbocycles. The maximum absolute atomic E-state index is 2.63. The highest BCUT2D eigenvalue weighted by Crippen LogP contribution is 2.53. The number of hydrogen-bond donors (Lipinski definition) is 0. The Hall–Kier alpha value is -12.6. The Kier molecular flexibility index (Phi) is 13.9. The molecule has 0 saturated heterocycles. The first kappa shape index (κ1) is 56.1. The van der Waals surface area contributed by atoms with Gasteiger partial charge in [-0.15, -0.1) is 0 Å². The second kappa shape index (κ2) is 23.8. The van der Waals surface area contributed by atoms with Crippen LogP contribution in [-0.2, 0) is 0 Å². The van der Waals surface area contributed by atoms with Crippen LogP contribution >= 0.6 is 0 Å². The Balaban J connectivity index is 0.994. The van der Waals surface area contributed by atoms with Crippen molar-refractivity contribution >= 4 is 113 Å². The van der Waals surface area contributed by atoms with Gasteiger partial charge < -0.3 is 24.2 Å². The molecular formula is C90H62BN5. The first-order valence-corrected chi connectivity index (χ1v) is 33.0. The van der Waals surface area contributed by atoms with Crippen LogP contribution in [0.3, 0.4) is 0 Å². The number of para-hydroxylation sites is 6. The average molecular weight is 1220 g/mol. The van der Waals surface area contributed by atoms with Gasteiger partial charge in [0.05, 0.1) is 28.1 Å². The van der Waals surface area contributed by atoms with Gasteiger partial charge in [-0.05, 0) is 159 Å². The molecule has 0 fully saturated rings. The molecule has 0 spiro atoms. The van der Waals surface area contributed by atoms with E-state index in [-0.39, 0.29) is 6.71 Å². The molecule has 16 aromatic rings. The average Bonchev–Trinajstić information content (AvgIpc) is 1.18. The summed E-state index contributed by atoms with van der Waals surface area (Å²) in [5, 5.41) is 2.34. The van der Waals surface area contributed by atoms with E-state index in [0.29, 0.717) is 0 Å². The predicted molar refractivity (Wildman–Crippen MR) is 406 cm³/mol. The Morgan fingerprint density at radius 2 is 0.667 bits per heavy atom. The van der Waals surface area contributed by atoms with E-state index in [2.05, 4.69) is 400 Å². The van der Waals surface area contributed by atoms with Crippen LogP contribution in [0, 0.1) is 0 Å². The van der Waals surface area contributed by atoms with E-state index >= 15 is 0 Å². The lowest BCUT2D eigenvalue weighted by Crippen LogP contribution is -2.61. The molecule has 0 atom stereocenters. The summed E-state index contributed by atoms with van der Waals surface area (Å²) in [5.41, 5.74) is 29.1. The zero-order valence-electron chi connectivity index (χ0n) is 52.6. The van der Waals surface area contributed by atoms with Gasteiger partial charge in [0, 0.05) is 78.8 Å². The molecule has 5 nitrogen and oxygen atoms in total. The van der Waals surface area contributed by atoms with Crippen molar-refractivity contribution in [1.29, 1.82) is 0 Å². The third-order valence-corrected chi connectivity index (χ3v) is 19.3. The summed E-state index contributed by atoms with van der Waals surface area (Å²) >= 11 is 0. The number of fused-ring (bicyclic) bond motifs is 8. The Labute approximate surface area is 560 Å². The van der Waals surface area contributed by atoms with Crippen molar-refractivity contribution in [3.05, 3.63) is 376 Å². The zero-order valence-corrected chi connectivity index (χ0v) is 52.6. The molecule has 0 aliphatic carbocycles. The monoisotopic (exact) mass is 1220 g/mol. The summed E-state index contributed by atoms with van der Waals surface area (Å²) in [7, 11) is 0. The van der Waals surface area contributed by atoms with Crippen LogP contribution in [-0.4, -0.2) is 11.3 Å². The highest BCUT2D eigenvalue weighted by molar-refractivity contribution is 7.00. The molecule has 3 heterocycles. The zero-order chi connectivity index (χ0) is 63.5. The first-order valence-electron chi connectivity index (χ1n) is 33.0. The summed E-state index contributed by atoms with van der Waals surface area (Å²) in [4.78, 5) is 10.0. The SMILES string of the molecule is c1ccc(-c2ccc(N3c4cc(N(c5ccccc5)c5ccccc5)cc5c4B(c4ccc(N(c6ccccc6)c6ccccc6)cc4N5c4cccc(-c5ccccc5)c4)c4ccc5c(c43)c3ccccc3n5-c3c(-c4ccccc4)cccc3-c3ccccc3)cc2)cc1. The van der Waals surface area contributed by atoms with Gasteiger partial charge in [-0.1, -0.05) is 267 Å². The minimum Gasteiger partial charge on any atom is -0.311 e. The third kappa shape index (κ3) is 9.57. The summed E-state index contributed by atoms with van der Waals surface area (Å²) in [5.74, 6) is 0. The quantitative estimate of drug-likeness (QED) is 0.107. The van der Waals surface area contributed by atoms with E-state index in [1.807, 2.05) is 0 Å². The molecule has 1 aromatic heterocycles. The highest BCUT2D eigenvalue weighted by atomic mass is 15.2. The van der Waals surface area contributed by atoms with E-state index in [1.165, 1.54) is 32.7 Å². The predicted octanol–water partition coefficient (Wildman–Crippen LogP) is 22.5. The van der Waals surface area contributed by atoms with E-state index < -0.39 is 0 Å². The Morgan fingerprint density at radius 1 is 0.240 bits per heavy atom. The topological polar surface area (TPSA) is 17.9 Å². The third-order valence-electron chi connectivity index (χ3n) is 19.3. The lowest BCUT2D eigenvalue weighted by molar-refractivity contribution is 1.18. The maximum atomic E-state index is 2.63. The molecule has 0 N–H and O–H groups in total. The van der Waals surface area contributed by atoms with E-state index in [1.54, 1.807) is 0 Å².